The summed E-state index contributed by atoms with van der Waals surface area (Å²) in [5, 5.41) is 10.5. The van der Waals surface area contributed by atoms with Gasteiger partial charge in [0.15, 0.2) is 10.8 Å². The monoisotopic (exact) mass is 254 g/mol. The number of likely N-dealkylation sites (tertiary alicyclic amines) is 1. The van der Waals surface area contributed by atoms with Gasteiger partial charge < -0.3 is 10.2 Å². The molecule has 1 fully saturated rings. The Bertz CT molecular complexity index is 395. The Morgan fingerprint density at radius 3 is 3.00 bits per heavy atom. The first kappa shape index (κ1) is 12.3. The minimum absolute atomic E-state index is 0.200. The van der Waals surface area contributed by atoms with Crippen molar-refractivity contribution in [1.82, 2.24) is 20.4 Å². The van der Waals surface area contributed by atoms with E-state index in [4.69, 9.17) is 11.6 Å². The molecule has 0 bridgehead atoms. The van der Waals surface area contributed by atoms with E-state index in [9.17, 15) is 4.79 Å². The summed E-state index contributed by atoms with van der Waals surface area (Å²) in [6.45, 7) is 1.75. The lowest BCUT2D eigenvalue weighted by atomic mass is 10.2. The standard InChI is InChI=1S/C11H15ClN4O/c1-16-6-2-3-8(16)7-13-11(17)9-4-5-10(12)15-14-9/h4-5,8H,2-3,6-7H2,1H3,(H,13,17). The molecule has 1 unspecified atom stereocenters. The van der Waals surface area contributed by atoms with E-state index in [0.29, 0.717) is 18.3 Å². The van der Waals surface area contributed by atoms with Crippen molar-refractivity contribution in [3.63, 3.8) is 0 Å². The summed E-state index contributed by atoms with van der Waals surface area (Å²) in [7, 11) is 2.08. The maximum Gasteiger partial charge on any atom is 0.271 e. The molecule has 1 aromatic heterocycles. The summed E-state index contributed by atoms with van der Waals surface area (Å²) in [6, 6.07) is 3.56. The second kappa shape index (κ2) is 5.42. The number of aromatic nitrogens is 2. The second-order valence-corrected chi connectivity index (χ2v) is 4.62. The van der Waals surface area contributed by atoms with Crippen molar-refractivity contribution in [2.24, 2.45) is 0 Å². The normalized spacial score (nSPS) is 20.5. The molecule has 0 spiro atoms. The molecule has 0 radical (unpaired) electrons. The number of hydrogen-bond acceptors (Lipinski definition) is 4. The van der Waals surface area contributed by atoms with Crippen LogP contribution in [0.25, 0.3) is 0 Å². The van der Waals surface area contributed by atoms with E-state index >= 15 is 0 Å². The van der Waals surface area contributed by atoms with Crippen molar-refractivity contribution in [1.29, 1.82) is 0 Å². The zero-order valence-corrected chi connectivity index (χ0v) is 10.4. The maximum atomic E-state index is 11.7. The molecule has 1 aromatic rings. The van der Waals surface area contributed by atoms with Crippen molar-refractivity contribution in [2.45, 2.75) is 18.9 Å². The smallest absolute Gasteiger partial charge is 0.271 e. The van der Waals surface area contributed by atoms with Crippen molar-refractivity contribution in [3.05, 3.63) is 23.0 Å². The van der Waals surface area contributed by atoms with Crippen LogP contribution in [0.1, 0.15) is 23.3 Å². The van der Waals surface area contributed by atoms with Gasteiger partial charge in [0.25, 0.3) is 5.91 Å². The number of hydrogen-bond donors (Lipinski definition) is 1. The number of amides is 1. The highest BCUT2D eigenvalue weighted by atomic mass is 35.5. The molecule has 0 aromatic carbocycles. The van der Waals surface area contributed by atoms with Gasteiger partial charge in [-0.2, -0.15) is 0 Å². The molecule has 1 N–H and O–H groups in total. The number of likely N-dealkylation sites (N-methyl/N-ethyl adjacent to an activating group) is 1. The van der Waals surface area contributed by atoms with Crippen LogP contribution in [-0.2, 0) is 0 Å². The second-order valence-electron chi connectivity index (χ2n) is 4.23. The molecule has 6 heteroatoms. The van der Waals surface area contributed by atoms with Crippen molar-refractivity contribution in [3.8, 4) is 0 Å². The third-order valence-electron chi connectivity index (χ3n) is 3.03. The van der Waals surface area contributed by atoms with Gasteiger partial charge in [-0.15, -0.1) is 10.2 Å². The van der Waals surface area contributed by atoms with Crippen LogP contribution in [-0.4, -0.2) is 47.2 Å². The molecule has 2 heterocycles. The van der Waals surface area contributed by atoms with Crippen molar-refractivity contribution >= 4 is 17.5 Å². The number of carbonyl (C=O) groups excluding carboxylic acids is 1. The highest BCUT2D eigenvalue weighted by Gasteiger charge is 2.21. The molecular formula is C11H15ClN4O. The van der Waals surface area contributed by atoms with Gasteiger partial charge in [-0.3, -0.25) is 4.79 Å². The third kappa shape index (κ3) is 3.14. The van der Waals surface area contributed by atoms with Crippen LogP contribution >= 0.6 is 11.6 Å². The van der Waals surface area contributed by atoms with Crippen LogP contribution in [0, 0.1) is 0 Å². The van der Waals surface area contributed by atoms with E-state index in [1.807, 2.05) is 0 Å². The SMILES string of the molecule is CN1CCCC1CNC(=O)c1ccc(Cl)nn1. The fourth-order valence-corrected chi connectivity index (χ4v) is 2.08. The summed E-state index contributed by atoms with van der Waals surface area (Å²) in [5.74, 6) is -0.200. The van der Waals surface area contributed by atoms with Crippen LogP contribution in [0.5, 0.6) is 0 Å². The van der Waals surface area contributed by atoms with Gasteiger partial charge in [0.2, 0.25) is 0 Å². The van der Waals surface area contributed by atoms with E-state index in [2.05, 4.69) is 27.5 Å². The van der Waals surface area contributed by atoms with Gasteiger partial charge in [0.05, 0.1) is 0 Å². The highest BCUT2D eigenvalue weighted by molar-refractivity contribution is 6.29. The number of nitrogens with one attached hydrogen (secondary N) is 1. The van der Waals surface area contributed by atoms with Gasteiger partial charge in [-0.1, -0.05) is 11.6 Å². The van der Waals surface area contributed by atoms with Crippen LogP contribution in [0.15, 0.2) is 12.1 Å². The molecular weight excluding hydrogens is 240 g/mol. The minimum Gasteiger partial charge on any atom is -0.349 e. The highest BCUT2D eigenvalue weighted by Crippen LogP contribution is 2.13. The molecule has 0 aliphatic carbocycles. The number of rotatable bonds is 3. The average molecular weight is 255 g/mol. The maximum absolute atomic E-state index is 11.7. The first-order valence-electron chi connectivity index (χ1n) is 5.64. The Morgan fingerprint density at radius 2 is 2.41 bits per heavy atom. The quantitative estimate of drug-likeness (QED) is 0.873. The summed E-state index contributed by atoms with van der Waals surface area (Å²) >= 11 is 5.60. The van der Waals surface area contributed by atoms with Gasteiger partial charge in [-0.05, 0) is 38.6 Å². The van der Waals surface area contributed by atoms with Crippen LogP contribution in [0.3, 0.4) is 0 Å². The topological polar surface area (TPSA) is 58.1 Å². The Labute approximate surface area is 105 Å². The van der Waals surface area contributed by atoms with Crippen LogP contribution < -0.4 is 5.32 Å². The Morgan fingerprint density at radius 1 is 1.59 bits per heavy atom. The number of halogens is 1. The Balaban J connectivity index is 1.87. The molecule has 1 aliphatic rings. The van der Waals surface area contributed by atoms with Gasteiger partial charge in [-0.25, -0.2) is 0 Å². The molecule has 17 heavy (non-hydrogen) atoms. The zero-order valence-electron chi connectivity index (χ0n) is 9.69. The average Bonchev–Trinajstić information content (AvgIpc) is 2.73. The van der Waals surface area contributed by atoms with E-state index in [0.717, 1.165) is 13.0 Å². The minimum atomic E-state index is -0.200. The summed E-state index contributed by atoms with van der Waals surface area (Å²) in [6.07, 6.45) is 2.32. The molecule has 5 nitrogen and oxygen atoms in total. The van der Waals surface area contributed by atoms with Crippen molar-refractivity contribution in [2.75, 3.05) is 20.1 Å². The largest absolute Gasteiger partial charge is 0.349 e. The summed E-state index contributed by atoms with van der Waals surface area (Å²) in [5.41, 5.74) is 0.301. The predicted molar refractivity (Wildman–Crippen MR) is 65.0 cm³/mol. The van der Waals surface area contributed by atoms with Gasteiger partial charge in [0, 0.05) is 12.6 Å². The van der Waals surface area contributed by atoms with E-state index in [1.54, 1.807) is 12.1 Å². The Kier molecular flexibility index (Phi) is 3.91. The molecule has 2 rings (SSSR count). The first-order valence-corrected chi connectivity index (χ1v) is 6.02. The third-order valence-corrected chi connectivity index (χ3v) is 3.24. The van der Waals surface area contributed by atoms with E-state index in [-0.39, 0.29) is 11.1 Å². The van der Waals surface area contributed by atoms with Gasteiger partial charge in [0.1, 0.15) is 0 Å². The van der Waals surface area contributed by atoms with Crippen LogP contribution in [0.4, 0.5) is 0 Å². The van der Waals surface area contributed by atoms with Crippen molar-refractivity contribution < 1.29 is 4.79 Å². The molecule has 1 amide bonds. The van der Waals surface area contributed by atoms with Gasteiger partial charge >= 0.3 is 0 Å². The zero-order chi connectivity index (χ0) is 12.3. The lowest BCUT2D eigenvalue weighted by Crippen LogP contribution is -2.38. The number of carbonyl (C=O) groups is 1. The van der Waals surface area contributed by atoms with E-state index < -0.39 is 0 Å². The summed E-state index contributed by atoms with van der Waals surface area (Å²) in [4.78, 5) is 14.0. The molecule has 1 saturated heterocycles. The summed E-state index contributed by atoms with van der Waals surface area (Å²) < 4.78 is 0. The first-order chi connectivity index (χ1) is 8.16. The molecule has 92 valence electrons. The number of nitrogens with zero attached hydrogens (tertiary/aromatic N) is 3. The lowest BCUT2D eigenvalue weighted by Gasteiger charge is -2.19. The molecule has 1 atom stereocenters. The fraction of sp³-hybridized carbons (Fsp3) is 0.545. The molecule has 0 saturated carbocycles. The molecule has 1 aliphatic heterocycles. The Hall–Kier alpha value is -1.20. The lowest BCUT2D eigenvalue weighted by molar-refractivity contribution is 0.0937. The fourth-order valence-electron chi connectivity index (χ4n) is 1.98. The predicted octanol–water partition coefficient (Wildman–Crippen LogP) is 0.954. The van der Waals surface area contributed by atoms with Crippen LogP contribution in [0.2, 0.25) is 5.15 Å². The van der Waals surface area contributed by atoms with E-state index in [1.165, 1.54) is 6.42 Å².